The Morgan fingerprint density at radius 2 is 2.06 bits per heavy atom. The Morgan fingerprint density at radius 3 is 2.78 bits per heavy atom. The molecule has 18 heavy (non-hydrogen) atoms. The first kappa shape index (κ1) is 13.2. The lowest BCUT2D eigenvalue weighted by atomic mass is 10.2. The molecule has 1 aromatic carbocycles. The summed E-state index contributed by atoms with van der Waals surface area (Å²) >= 11 is 7.77. The van der Waals surface area contributed by atoms with Gasteiger partial charge in [-0.15, -0.1) is 11.8 Å². The second-order valence-electron chi connectivity index (χ2n) is 3.67. The molecule has 2 aromatic rings. The van der Waals surface area contributed by atoms with E-state index >= 15 is 0 Å². The lowest BCUT2D eigenvalue weighted by Gasteiger charge is -2.12. The zero-order valence-electron chi connectivity index (χ0n) is 10.3. The summed E-state index contributed by atoms with van der Waals surface area (Å²) in [5, 5.41) is 3.84. The van der Waals surface area contributed by atoms with E-state index in [2.05, 4.69) is 21.4 Å². The molecule has 0 aliphatic heterocycles. The highest BCUT2D eigenvalue weighted by Crippen LogP contribution is 2.29. The van der Waals surface area contributed by atoms with Crippen molar-refractivity contribution >= 4 is 34.9 Å². The third kappa shape index (κ3) is 2.76. The summed E-state index contributed by atoms with van der Waals surface area (Å²) in [7, 11) is 0. The molecule has 0 unspecified atom stereocenters. The Balaban J connectivity index is 2.37. The first-order chi connectivity index (χ1) is 8.76. The van der Waals surface area contributed by atoms with Gasteiger partial charge in [-0.25, -0.2) is 9.97 Å². The molecule has 0 saturated heterocycles. The van der Waals surface area contributed by atoms with Gasteiger partial charge in [0, 0.05) is 10.5 Å². The molecular formula is C13H14ClN3S. The van der Waals surface area contributed by atoms with Gasteiger partial charge in [0.25, 0.3) is 0 Å². The number of para-hydroxylation sites is 1. The number of nitrogens with one attached hydrogen (secondary N) is 1. The van der Waals surface area contributed by atoms with Crippen molar-refractivity contribution < 1.29 is 0 Å². The molecule has 1 N–H and O–H groups in total. The van der Waals surface area contributed by atoms with Crippen LogP contribution in [-0.2, 0) is 6.42 Å². The number of rotatable bonds is 4. The van der Waals surface area contributed by atoms with Crippen LogP contribution in [0.15, 0.2) is 35.5 Å². The standard InChI is InChI=1S/C13H14ClN3S/c1-3-9-12(14)15-8-16-13(9)17-10-6-4-5-7-11(10)18-2/h4-8H,3H2,1-2H3,(H,15,16,17). The molecule has 1 heterocycles. The van der Waals surface area contributed by atoms with Crippen LogP contribution in [0.1, 0.15) is 12.5 Å². The van der Waals surface area contributed by atoms with Gasteiger partial charge in [0.2, 0.25) is 0 Å². The van der Waals surface area contributed by atoms with E-state index in [0.29, 0.717) is 5.15 Å². The van der Waals surface area contributed by atoms with Gasteiger partial charge in [-0.2, -0.15) is 0 Å². The predicted octanol–water partition coefficient (Wildman–Crippen LogP) is 4.16. The first-order valence-electron chi connectivity index (χ1n) is 5.65. The van der Waals surface area contributed by atoms with E-state index in [0.717, 1.165) is 23.5 Å². The van der Waals surface area contributed by atoms with Gasteiger partial charge in [0.05, 0.1) is 5.69 Å². The molecule has 94 valence electrons. The molecule has 1 aromatic heterocycles. The smallest absolute Gasteiger partial charge is 0.138 e. The number of benzene rings is 1. The first-order valence-corrected chi connectivity index (χ1v) is 7.26. The Bertz CT molecular complexity index is 546. The average molecular weight is 280 g/mol. The molecule has 0 bridgehead atoms. The maximum atomic E-state index is 6.07. The van der Waals surface area contributed by atoms with Crippen molar-refractivity contribution in [1.29, 1.82) is 0 Å². The van der Waals surface area contributed by atoms with Crippen molar-refractivity contribution in [2.75, 3.05) is 11.6 Å². The fourth-order valence-corrected chi connectivity index (χ4v) is 2.51. The Hall–Kier alpha value is -1.26. The van der Waals surface area contributed by atoms with Crippen molar-refractivity contribution in [1.82, 2.24) is 9.97 Å². The minimum absolute atomic E-state index is 0.511. The van der Waals surface area contributed by atoms with Gasteiger partial charge >= 0.3 is 0 Å². The lowest BCUT2D eigenvalue weighted by Crippen LogP contribution is -2.01. The van der Waals surface area contributed by atoms with E-state index in [4.69, 9.17) is 11.6 Å². The van der Waals surface area contributed by atoms with Crippen LogP contribution in [0.25, 0.3) is 0 Å². The highest BCUT2D eigenvalue weighted by atomic mass is 35.5. The van der Waals surface area contributed by atoms with Crippen LogP contribution in [-0.4, -0.2) is 16.2 Å². The molecule has 5 heteroatoms. The largest absolute Gasteiger partial charge is 0.339 e. The van der Waals surface area contributed by atoms with Crippen LogP contribution >= 0.6 is 23.4 Å². The number of aromatic nitrogens is 2. The predicted molar refractivity (Wildman–Crippen MR) is 77.9 cm³/mol. The van der Waals surface area contributed by atoms with Gasteiger partial charge in [0.15, 0.2) is 0 Å². The van der Waals surface area contributed by atoms with Gasteiger partial charge < -0.3 is 5.32 Å². The van der Waals surface area contributed by atoms with Gasteiger partial charge in [0.1, 0.15) is 17.3 Å². The second-order valence-corrected chi connectivity index (χ2v) is 4.88. The SMILES string of the molecule is CCc1c(Cl)ncnc1Nc1ccccc1SC. The molecule has 0 atom stereocenters. The van der Waals surface area contributed by atoms with E-state index in [9.17, 15) is 0 Å². The van der Waals surface area contributed by atoms with Crippen molar-refractivity contribution in [2.45, 2.75) is 18.2 Å². The molecule has 0 saturated carbocycles. The summed E-state index contributed by atoms with van der Waals surface area (Å²) in [6.45, 7) is 2.04. The molecule has 0 aliphatic carbocycles. The minimum Gasteiger partial charge on any atom is -0.339 e. The Kier molecular flexibility index (Phi) is 4.44. The van der Waals surface area contributed by atoms with Crippen LogP contribution in [0, 0.1) is 0 Å². The maximum absolute atomic E-state index is 6.07. The molecule has 0 aliphatic rings. The highest BCUT2D eigenvalue weighted by Gasteiger charge is 2.09. The third-order valence-electron chi connectivity index (χ3n) is 2.61. The van der Waals surface area contributed by atoms with Crippen molar-refractivity contribution in [3.05, 3.63) is 41.3 Å². The third-order valence-corrected chi connectivity index (χ3v) is 3.73. The van der Waals surface area contributed by atoms with Crippen molar-refractivity contribution in [2.24, 2.45) is 0 Å². The molecule has 0 radical (unpaired) electrons. The Labute approximate surface area is 116 Å². The molecule has 3 nitrogen and oxygen atoms in total. The molecule has 0 fully saturated rings. The summed E-state index contributed by atoms with van der Waals surface area (Å²) in [6.07, 6.45) is 4.32. The van der Waals surface area contributed by atoms with Crippen LogP contribution in [0.2, 0.25) is 5.15 Å². The van der Waals surface area contributed by atoms with Crippen LogP contribution in [0.4, 0.5) is 11.5 Å². The summed E-state index contributed by atoms with van der Waals surface area (Å²) in [5.74, 6) is 0.777. The number of hydrogen-bond acceptors (Lipinski definition) is 4. The molecule has 0 spiro atoms. The summed E-state index contributed by atoms with van der Waals surface area (Å²) in [6, 6.07) is 8.11. The van der Waals surface area contributed by atoms with Crippen molar-refractivity contribution in [3.63, 3.8) is 0 Å². The summed E-state index contributed by atoms with van der Waals surface area (Å²) in [5.41, 5.74) is 1.98. The van der Waals surface area contributed by atoms with Crippen LogP contribution < -0.4 is 5.32 Å². The highest BCUT2D eigenvalue weighted by molar-refractivity contribution is 7.98. The second kappa shape index (κ2) is 6.07. The maximum Gasteiger partial charge on any atom is 0.138 e. The monoisotopic (exact) mass is 279 g/mol. The fourth-order valence-electron chi connectivity index (χ4n) is 1.69. The van der Waals surface area contributed by atoms with E-state index < -0.39 is 0 Å². The molecular weight excluding hydrogens is 266 g/mol. The van der Waals surface area contributed by atoms with Gasteiger partial charge in [-0.3, -0.25) is 0 Å². The van der Waals surface area contributed by atoms with E-state index in [1.54, 1.807) is 11.8 Å². The van der Waals surface area contributed by atoms with Gasteiger partial charge in [-0.05, 0) is 24.8 Å². The fraction of sp³-hybridized carbons (Fsp3) is 0.231. The quantitative estimate of drug-likeness (QED) is 0.674. The minimum atomic E-state index is 0.511. The topological polar surface area (TPSA) is 37.8 Å². The molecule has 2 rings (SSSR count). The number of hydrogen-bond donors (Lipinski definition) is 1. The van der Waals surface area contributed by atoms with E-state index in [1.807, 2.05) is 31.4 Å². The summed E-state index contributed by atoms with van der Waals surface area (Å²) in [4.78, 5) is 9.44. The number of nitrogens with zero attached hydrogens (tertiary/aromatic N) is 2. The van der Waals surface area contributed by atoms with E-state index in [-0.39, 0.29) is 0 Å². The normalized spacial score (nSPS) is 10.4. The van der Waals surface area contributed by atoms with Crippen LogP contribution in [0.3, 0.4) is 0 Å². The lowest BCUT2D eigenvalue weighted by molar-refractivity contribution is 1.05. The average Bonchev–Trinajstić information content (AvgIpc) is 2.40. The summed E-state index contributed by atoms with van der Waals surface area (Å²) < 4.78 is 0. The number of halogens is 1. The molecule has 0 amide bonds. The number of anilines is 2. The van der Waals surface area contributed by atoms with Gasteiger partial charge in [-0.1, -0.05) is 30.7 Å². The van der Waals surface area contributed by atoms with Crippen molar-refractivity contribution in [3.8, 4) is 0 Å². The zero-order chi connectivity index (χ0) is 13.0. The zero-order valence-corrected chi connectivity index (χ0v) is 11.8. The van der Waals surface area contributed by atoms with Crippen LogP contribution in [0.5, 0.6) is 0 Å². The number of thioether (sulfide) groups is 1. The van der Waals surface area contributed by atoms with E-state index in [1.165, 1.54) is 11.2 Å². The Morgan fingerprint density at radius 1 is 1.28 bits per heavy atom.